The highest BCUT2D eigenvalue weighted by Gasteiger charge is 2.65. The largest absolute Gasteiger partial charge is 0.497 e. The summed E-state index contributed by atoms with van der Waals surface area (Å²) in [5.41, 5.74) is 2.34. The van der Waals surface area contributed by atoms with Crippen molar-refractivity contribution in [3.8, 4) is 5.75 Å². The summed E-state index contributed by atoms with van der Waals surface area (Å²) >= 11 is 1.76. The van der Waals surface area contributed by atoms with Gasteiger partial charge in [-0.05, 0) is 65.9 Å². The van der Waals surface area contributed by atoms with Crippen molar-refractivity contribution in [3.63, 3.8) is 0 Å². The summed E-state index contributed by atoms with van der Waals surface area (Å²) in [5.74, 6) is 1.67. The van der Waals surface area contributed by atoms with E-state index in [9.17, 15) is 4.79 Å². The van der Waals surface area contributed by atoms with Crippen molar-refractivity contribution in [3.05, 3.63) is 52.2 Å². The number of nitrogens with zero attached hydrogens (tertiary/aromatic N) is 2. The van der Waals surface area contributed by atoms with Crippen molar-refractivity contribution >= 4 is 17.2 Å². The average molecular weight is 369 g/mol. The molecule has 26 heavy (non-hydrogen) atoms. The Hall–Kier alpha value is -1.85. The van der Waals surface area contributed by atoms with Gasteiger partial charge in [0, 0.05) is 25.0 Å². The first-order valence-electron chi connectivity index (χ1n) is 9.43. The van der Waals surface area contributed by atoms with E-state index in [-0.39, 0.29) is 5.54 Å². The number of benzene rings is 1. The number of ether oxygens (including phenoxy) is 1. The number of thiophene rings is 1. The maximum absolute atomic E-state index is 13.5. The molecular weight excluding hydrogens is 344 g/mol. The molecule has 0 radical (unpaired) electrons. The van der Waals surface area contributed by atoms with Gasteiger partial charge in [0.05, 0.1) is 7.11 Å². The quantitative estimate of drug-likeness (QED) is 0.825. The molecule has 136 valence electrons. The van der Waals surface area contributed by atoms with Crippen LogP contribution >= 0.6 is 11.3 Å². The number of carbonyl (C=O) groups excluding carboxylic acids is 1. The molecule has 1 amide bonds. The number of likely N-dealkylation sites (tertiary alicyclic amines) is 1. The summed E-state index contributed by atoms with van der Waals surface area (Å²) in [4.78, 5) is 18.1. The summed E-state index contributed by atoms with van der Waals surface area (Å²) in [6.45, 7) is 2.65. The second kappa shape index (κ2) is 6.10. The average Bonchev–Trinajstić information content (AvgIpc) is 3.41. The smallest absolute Gasteiger partial charge is 0.243 e. The second-order valence-corrected chi connectivity index (χ2v) is 8.54. The molecule has 0 aliphatic carbocycles. The first-order valence-corrected chi connectivity index (χ1v) is 10.4. The minimum Gasteiger partial charge on any atom is -0.497 e. The first kappa shape index (κ1) is 16.3. The Morgan fingerprint density at radius 2 is 2.12 bits per heavy atom. The zero-order chi connectivity index (χ0) is 17.7. The van der Waals surface area contributed by atoms with Crippen LogP contribution in [-0.2, 0) is 11.3 Å². The topological polar surface area (TPSA) is 32.8 Å². The van der Waals surface area contributed by atoms with E-state index < -0.39 is 0 Å². The minimum absolute atomic E-state index is 0.237. The van der Waals surface area contributed by atoms with Crippen LogP contribution in [0.5, 0.6) is 5.75 Å². The fraction of sp³-hybridized carbons (Fsp3) is 0.476. The van der Waals surface area contributed by atoms with Gasteiger partial charge in [-0.15, -0.1) is 0 Å². The van der Waals surface area contributed by atoms with Crippen molar-refractivity contribution in [2.45, 2.75) is 37.4 Å². The molecule has 5 heteroatoms. The predicted molar refractivity (Wildman–Crippen MR) is 102 cm³/mol. The molecule has 3 aliphatic heterocycles. The number of amides is 1. The summed E-state index contributed by atoms with van der Waals surface area (Å²) in [5, 5.41) is 4.42. The molecule has 5 rings (SSSR count). The molecule has 1 aromatic heterocycles. The summed E-state index contributed by atoms with van der Waals surface area (Å²) < 4.78 is 5.24. The highest BCUT2D eigenvalue weighted by Crippen LogP contribution is 2.56. The lowest BCUT2D eigenvalue weighted by atomic mass is 9.85. The van der Waals surface area contributed by atoms with Gasteiger partial charge < -0.3 is 9.64 Å². The van der Waals surface area contributed by atoms with Crippen LogP contribution in [0.25, 0.3) is 0 Å². The van der Waals surface area contributed by atoms with E-state index in [1.165, 1.54) is 11.1 Å². The monoisotopic (exact) mass is 368 g/mol. The van der Waals surface area contributed by atoms with Crippen molar-refractivity contribution in [1.29, 1.82) is 0 Å². The van der Waals surface area contributed by atoms with E-state index in [1.807, 2.05) is 12.1 Å². The molecule has 3 fully saturated rings. The van der Waals surface area contributed by atoms with E-state index >= 15 is 0 Å². The Kier molecular flexibility index (Phi) is 3.83. The maximum atomic E-state index is 13.5. The number of hydrogen-bond donors (Lipinski definition) is 0. The van der Waals surface area contributed by atoms with Crippen LogP contribution in [0.1, 0.15) is 36.4 Å². The van der Waals surface area contributed by atoms with E-state index in [0.717, 1.165) is 38.1 Å². The first-order chi connectivity index (χ1) is 12.7. The van der Waals surface area contributed by atoms with E-state index in [0.29, 0.717) is 24.4 Å². The molecule has 3 atom stereocenters. The Balaban J connectivity index is 1.39. The van der Waals surface area contributed by atoms with Crippen LogP contribution < -0.4 is 4.74 Å². The SMILES string of the molecule is COc1ccc(CN2C[C@@H]3C[C@@H](c4ccsc4)N4CCC[C@@]34C2=O)cc1. The fourth-order valence-corrected chi connectivity index (χ4v) is 6.15. The Labute approximate surface area is 158 Å². The minimum atomic E-state index is -0.237. The molecule has 3 aliphatic rings. The van der Waals surface area contributed by atoms with Crippen LogP contribution in [0.3, 0.4) is 0 Å². The summed E-state index contributed by atoms with van der Waals surface area (Å²) in [6.07, 6.45) is 3.27. The predicted octanol–water partition coefficient (Wildman–Crippen LogP) is 3.69. The number of carbonyl (C=O) groups is 1. The summed E-state index contributed by atoms with van der Waals surface area (Å²) in [6, 6.07) is 10.8. The molecule has 0 N–H and O–H groups in total. The molecule has 1 spiro atoms. The van der Waals surface area contributed by atoms with Gasteiger partial charge in [-0.1, -0.05) is 12.1 Å². The molecular formula is C21H24N2O2S. The highest BCUT2D eigenvalue weighted by molar-refractivity contribution is 7.07. The lowest BCUT2D eigenvalue weighted by Crippen LogP contribution is -2.49. The lowest BCUT2D eigenvalue weighted by Gasteiger charge is -2.33. The zero-order valence-corrected chi connectivity index (χ0v) is 15.9. The van der Waals surface area contributed by atoms with Crippen molar-refractivity contribution in [2.75, 3.05) is 20.2 Å². The van der Waals surface area contributed by atoms with Crippen LogP contribution in [0.2, 0.25) is 0 Å². The van der Waals surface area contributed by atoms with Gasteiger partial charge in [0.1, 0.15) is 11.3 Å². The van der Waals surface area contributed by atoms with Crippen molar-refractivity contribution in [2.24, 2.45) is 5.92 Å². The molecule has 4 nitrogen and oxygen atoms in total. The highest BCUT2D eigenvalue weighted by atomic mass is 32.1. The standard InChI is InChI=1S/C21H24N2O2S/c1-25-18-5-3-15(4-6-18)12-22-13-17-11-19(16-7-10-26-14-16)23-9-2-8-21(17,23)20(22)24/h3-7,10,14,17,19H,2,8-9,11-13H2,1H3/t17-,19-,21-/m0/s1. The third-order valence-electron chi connectivity index (χ3n) is 6.59. The van der Waals surface area contributed by atoms with Crippen molar-refractivity contribution in [1.82, 2.24) is 9.80 Å². The van der Waals surface area contributed by atoms with Gasteiger partial charge in [-0.2, -0.15) is 11.3 Å². The molecule has 4 heterocycles. The Bertz CT molecular complexity index is 804. The van der Waals surface area contributed by atoms with Crippen molar-refractivity contribution < 1.29 is 9.53 Å². The van der Waals surface area contributed by atoms with Gasteiger partial charge >= 0.3 is 0 Å². The Morgan fingerprint density at radius 1 is 1.27 bits per heavy atom. The second-order valence-electron chi connectivity index (χ2n) is 7.76. The summed E-state index contributed by atoms with van der Waals surface area (Å²) in [7, 11) is 1.68. The van der Waals surface area contributed by atoms with E-state index in [1.54, 1.807) is 18.4 Å². The fourth-order valence-electron chi connectivity index (χ4n) is 5.45. The normalized spacial score (nSPS) is 30.7. The van der Waals surface area contributed by atoms with Crippen LogP contribution in [-0.4, -0.2) is 41.4 Å². The van der Waals surface area contributed by atoms with Gasteiger partial charge in [0.25, 0.3) is 0 Å². The third kappa shape index (κ3) is 2.26. The zero-order valence-electron chi connectivity index (χ0n) is 15.1. The van der Waals surface area contributed by atoms with E-state index in [4.69, 9.17) is 4.74 Å². The number of hydrogen-bond acceptors (Lipinski definition) is 4. The molecule has 2 aromatic rings. The van der Waals surface area contributed by atoms with E-state index in [2.05, 4.69) is 38.8 Å². The van der Waals surface area contributed by atoms with Crippen LogP contribution in [0, 0.1) is 5.92 Å². The molecule has 0 bridgehead atoms. The Morgan fingerprint density at radius 3 is 2.85 bits per heavy atom. The number of rotatable bonds is 4. The maximum Gasteiger partial charge on any atom is 0.243 e. The molecule has 0 unspecified atom stereocenters. The van der Waals surface area contributed by atoms with Gasteiger partial charge in [-0.3, -0.25) is 9.69 Å². The van der Waals surface area contributed by atoms with Gasteiger partial charge in [0.2, 0.25) is 5.91 Å². The van der Waals surface area contributed by atoms with Crippen LogP contribution in [0.15, 0.2) is 41.1 Å². The van der Waals surface area contributed by atoms with Gasteiger partial charge in [0.15, 0.2) is 0 Å². The van der Waals surface area contributed by atoms with Gasteiger partial charge in [-0.25, -0.2) is 0 Å². The molecule has 0 saturated carbocycles. The third-order valence-corrected chi connectivity index (χ3v) is 7.29. The number of methoxy groups -OCH3 is 1. The lowest BCUT2D eigenvalue weighted by molar-refractivity contribution is -0.137. The van der Waals surface area contributed by atoms with Crippen LogP contribution in [0.4, 0.5) is 0 Å². The molecule has 1 aromatic carbocycles. The molecule has 3 saturated heterocycles.